The summed E-state index contributed by atoms with van der Waals surface area (Å²) in [6.45, 7) is 1.70. The Kier molecular flexibility index (Phi) is 6.04. The molecule has 0 saturated heterocycles. The molecule has 10 nitrogen and oxygen atoms in total. The maximum atomic E-state index is 12.0. The number of anilines is 1. The van der Waals surface area contributed by atoms with Crippen LogP contribution in [-0.4, -0.2) is 29.0 Å². The van der Waals surface area contributed by atoms with Crippen LogP contribution in [0.3, 0.4) is 0 Å². The highest BCUT2D eigenvalue weighted by atomic mass is 16.6. The molecule has 0 radical (unpaired) electrons. The first-order valence-electron chi connectivity index (χ1n) is 7.49. The summed E-state index contributed by atoms with van der Waals surface area (Å²) >= 11 is 0. The minimum absolute atomic E-state index is 0.242. The zero-order valence-corrected chi connectivity index (χ0v) is 13.7. The average molecular weight is 361 g/mol. The van der Waals surface area contributed by atoms with Crippen LogP contribution in [-0.2, 0) is 4.79 Å². The number of para-hydroxylation sites is 2. The minimum atomic E-state index is -0.815. The van der Waals surface area contributed by atoms with Crippen LogP contribution < -0.4 is 14.8 Å². The van der Waals surface area contributed by atoms with Gasteiger partial charge in [-0.1, -0.05) is 12.1 Å². The maximum absolute atomic E-state index is 12.0. The minimum Gasteiger partial charge on any atom is -0.492 e. The van der Waals surface area contributed by atoms with Gasteiger partial charge in [-0.25, -0.2) is 0 Å². The van der Waals surface area contributed by atoms with E-state index >= 15 is 0 Å². The summed E-state index contributed by atoms with van der Waals surface area (Å²) in [5.74, 6) is -0.330. The summed E-state index contributed by atoms with van der Waals surface area (Å²) in [6, 6.07) is 9.69. The average Bonchev–Trinajstić information content (AvgIpc) is 2.61. The highest BCUT2D eigenvalue weighted by Crippen LogP contribution is 2.31. The topological polar surface area (TPSA) is 134 Å². The lowest BCUT2D eigenvalue weighted by atomic mass is 10.2. The standard InChI is InChI=1S/C16H15N3O7/c1-2-25-14-6-4-3-5-12(14)17-16(20)10-26-15-8-7-11(18(21)22)9-13(15)19(23)24/h3-9H,2,10H2,1H3,(H,17,20). The molecule has 10 heteroatoms. The Balaban J connectivity index is 2.08. The van der Waals surface area contributed by atoms with Crippen molar-refractivity contribution in [3.05, 3.63) is 62.7 Å². The van der Waals surface area contributed by atoms with Gasteiger partial charge in [-0.3, -0.25) is 25.0 Å². The number of nitrogens with one attached hydrogen (secondary N) is 1. The number of hydrogen-bond donors (Lipinski definition) is 1. The predicted molar refractivity (Wildman–Crippen MR) is 91.5 cm³/mol. The summed E-state index contributed by atoms with van der Waals surface area (Å²) in [7, 11) is 0. The van der Waals surface area contributed by atoms with Crippen LogP contribution in [0.1, 0.15) is 6.92 Å². The van der Waals surface area contributed by atoms with E-state index in [1.165, 1.54) is 0 Å². The number of nitro groups is 2. The van der Waals surface area contributed by atoms with Gasteiger partial charge < -0.3 is 14.8 Å². The number of carbonyl (C=O) groups excluding carboxylic acids is 1. The number of nitrogens with zero attached hydrogens (tertiary/aromatic N) is 2. The van der Waals surface area contributed by atoms with Crippen molar-refractivity contribution in [2.45, 2.75) is 6.92 Å². The van der Waals surface area contributed by atoms with E-state index in [1.54, 1.807) is 31.2 Å². The Morgan fingerprint density at radius 3 is 2.42 bits per heavy atom. The smallest absolute Gasteiger partial charge is 0.317 e. The van der Waals surface area contributed by atoms with Gasteiger partial charge in [0.15, 0.2) is 12.4 Å². The second-order valence-corrected chi connectivity index (χ2v) is 4.93. The summed E-state index contributed by atoms with van der Waals surface area (Å²) in [5, 5.41) is 24.3. The lowest BCUT2D eigenvalue weighted by molar-refractivity contribution is -0.394. The molecule has 0 heterocycles. The fourth-order valence-corrected chi connectivity index (χ4v) is 2.06. The monoisotopic (exact) mass is 361 g/mol. The van der Waals surface area contributed by atoms with Crippen LogP contribution in [0.4, 0.5) is 17.1 Å². The highest BCUT2D eigenvalue weighted by molar-refractivity contribution is 5.93. The first-order valence-corrected chi connectivity index (χ1v) is 7.49. The zero-order chi connectivity index (χ0) is 19.1. The van der Waals surface area contributed by atoms with Crippen molar-refractivity contribution in [2.75, 3.05) is 18.5 Å². The van der Waals surface area contributed by atoms with Gasteiger partial charge >= 0.3 is 5.69 Å². The van der Waals surface area contributed by atoms with E-state index in [9.17, 15) is 25.0 Å². The van der Waals surface area contributed by atoms with Crippen LogP contribution >= 0.6 is 0 Å². The Labute approximate surface area is 147 Å². The molecule has 1 amide bonds. The van der Waals surface area contributed by atoms with E-state index in [4.69, 9.17) is 9.47 Å². The van der Waals surface area contributed by atoms with Gasteiger partial charge in [0.05, 0.1) is 28.2 Å². The normalized spacial score (nSPS) is 10.0. The zero-order valence-electron chi connectivity index (χ0n) is 13.7. The number of nitro benzene ring substituents is 2. The highest BCUT2D eigenvalue weighted by Gasteiger charge is 2.21. The molecule has 2 rings (SSSR count). The largest absolute Gasteiger partial charge is 0.492 e. The molecular weight excluding hydrogens is 346 g/mol. The van der Waals surface area contributed by atoms with Gasteiger partial charge in [-0.2, -0.15) is 0 Å². The van der Waals surface area contributed by atoms with E-state index in [-0.39, 0.29) is 5.75 Å². The maximum Gasteiger partial charge on any atom is 0.317 e. The fraction of sp³-hybridized carbons (Fsp3) is 0.188. The van der Waals surface area contributed by atoms with Crippen LogP contribution in [0, 0.1) is 20.2 Å². The van der Waals surface area contributed by atoms with E-state index in [0.29, 0.717) is 18.0 Å². The Morgan fingerprint density at radius 1 is 1.04 bits per heavy atom. The van der Waals surface area contributed by atoms with Crippen LogP contribution in [0.15, 0.2) is 42.5 Å². The van der Waals surface area contributed by atoms with Gasteiger partial charge in [0, 0.05) is 6.07 Å². The number of non-ortho nitro benzene ring substituents is 1. The number of carbonyl (C=O) groups is 1. The Bertz CT molecular complexity index is 838. The van der Waals surface area contributed by atoms with Gasteiger partial charge in [0.25, 0.3) is 11.6 Å². The van der Waals surface area contributed by atoms with Crippen molar-refractivity contribution in [3.63, 3.8) is 0 Å². The van der Waals surface area contributed by atoms with Crippen molar-refractivity contribution in [2.24, 2.45) is 0 Å². The molecule has 0 aliphatic rings. The number of ether oxygens (including phenoxy) is 2. The van der Waals surface area contributed by atoms with Gasteiger partial charge in [0.1, 0.15) is 5.75 Å². The van der Waals surface area contributed by atoms with Crippen LogP contribution in [0.25, 0.3) is 0 Å². The SMILES string of the molecule is CCOc1ccccc1NC(=O)COc1ccc([N+](=O)[O-])cc1[N+](=O)[O-]. The lowest BCUT2D eigenvalue weighted by Crippen LogP contribution is -2.21. The fourth-order valence-electron chi connectivity index (χ4n) is 2.06. The van der Waals surface area contributed by atoms with E-state index < -0.39 is 33.7 Å². The van der Waals surface area contributed by atoms with E-state index in [2.05, 4.69) is 5.32 Å². The lowest BCUT2D eigenvalue weighted by Gasteiger charge is -2.11. The third kappa shape index (κ3) is 4.66. The molecule has 26 heavy (non-hydrogen) atoms. The van der Waals surface area contributed by atoms with Crippen molar-refractivity contribution < 1.29 is 24.1 Å². The van der Waals surface area contributed by atoms with Crippen molar-refractivity contribution in [1.82, 2.24) is 0 Å². The van der Waals surface area contributed by atoms with E-state index in [0.717, 1.165) is 18.2 Å². The number of rotatable bonds is 8. The summed E-state index contributed by atoms with van der Waals surface area (Å²) in [5.41, 5.74) is -0.609. The first kappa shape index (κ1) is 18.6. The molecule has 0 spiro atoms. The summed E-state index contributed by atoms with van der Waals surface area (Å²) in [4.78, 5) is 32.2. The van der Waals surface area contributed by atoms with Gasteiger partial charge in [-0.05, 0) is 25.1 Å². The van der Waals surface area contributed by atoms with Crippen molar-refractivity contribution >= 4 is 23.0 Å². The van der Waals surface area contributed by atoms with E-state index in [1.807, 2.05) is 0 Å². The molecule has 2 aromatic rings. The van der Waals surface area contributed by atoms with Gasteiger partial charge in [-0.15, -0.1) is 0 Å². The second kappa shape index (κ2) is 8.42. The third-order valence-corrected chi connectivity index (χ3v) is 3.17. The van der Waals surface area contributed by atoms with Gasteiger partial charge in [0.2, 0.25) is 0 Å². The third-order valence-electron chi connectivity index (χ3n) is 3.17. The number of amides is 1. The molecule has 0 fully saturated rings. The van der Waals surface area contributed by atoms with Crippen LogP contribution in [0.2, 0.25) is 0 Å². The molecule has 0 saturated carbocycles. The Morgan fingerprint density at radius 2 is 1.77 bits per heavy atom. The molecule has 0 aliphatic carbocycles. The first-order chi connectivity index (χ1) is 12.4. The molecule has 0 unspecified atom stereocenters. The molecule has 0 aliphatic heterocycles. The molecule has 1 N–H and O–H groups in total. The number of benzene rings is 2. The summed E-state index contributed by atoms with van der Waals surface area (Å²) < 4.78 is 10.5. The van der Waals surface area contributed by atoms with Crippen LogP contribution in [0.5, 0.6) is 11.5 Å². The number of hydrogen-bond acceptors (Lipinski definition) is 7. The molecule has 0 bridgehead atoms. The molecule has 0 atom stereocenters. The summed E-state index contributed by atoms with van der Waals surface area (Å²) in [6.07, 6.45) is 0. The quantitative estimate of drug-likeness (QED) is 0.564. The molecule has 136 valence electrons. The molecule has 0 aromatic heterocycles. The molecular formula is C16H15N3O7. The van der Waals surface area contributed by atoms with Crippen molar-refractivity contribution in [1.29, 1.82) is 0 Å². The molecule has 2 aromatic carbocycles. The predicted octanol–water partition coefficient (Wildman–Crippen LogP) is 2.92. The second-order valence-electron chi connectivity index (χ2n) is 4.93. The van der Waals surface area contributed by atoms with Crippen molar-refractivity contribution in [3.8, 4) is 11.5 Å². The Hall–Kier alpha value is -3.69.